The zero-order valence-corrected chi connectivity index (χ0v) is 16.7. The van der Waals surface area contributed by atoms with Crippen LogP contribution in [-0.4, -0.2) is 28.6 Å². The summed E-state index contributed by atoms with van der Waals surface area (Å²) in [7, 11) is 1.11. The summed E-state index contributed by atoms with van der Waals surface area (Å²) in [6.07, 6.45) is -0.448. The number of halogens is 5. The van der Waals surface area contributed by atoms with Crippen LogP contribution in [0.4, 0.5) is 27.6 Å². The number of pyridine rings is 2. The molecule has 0 fully saturated rings. The second kappa shape index (κ2) is 8.45. The molecule has 4 rings (SSSR count). The molecular formula is C22H17F5N4O. The van der Waals surface area contributed by atoms with Crippen molar-refractivity contribution in [2.24, 2.45) is 0 Å². The Hall–Kier alpha value is -3.69. The van der Waals surface area contributed by atoms with E-state index in [4.69, 9.17) is 0 Å². The summed E-state index contributed by atoms with van der Waals surface area (Å²) in [5, 5.41) is 3.12. The van der Waals surface area contributed by atoms with Gasteiger partial charge in [0.05, 0.1) is 24.4 Å². The Balaban J connectivity index is 1.46. The number of hydrogen-bond donors (Lipinski definition) is 2. The van der Waals surface area contributed by atoms with Crippen molar-refractivity contribution in [1.82, 2.24) is 15.0 Å². The van der Waals surface area contributed by atoms with Gasteiger partial charge in [0, 0.05) is 24.5 Å². The molecule has 0 aliphatic rings. The van der Waals surface area contributed by atoms with Gasteiger partial charge >= 0.3 is 6.18 Å². The third-order valence-corrected chi connectivity index (χ3v) is 4.94. The average molecular weight is 448 g/mol. The van der Waals surface area contributed by atoms with Crippen LogP contribution < -0.4 is 10.1 Å². The van der Waals surface area contributed by atoms with Gasteiger partial charge in [-0.15, -0.1) is 0 Å². The molecule has 3 heterocycles. The van der Waals surface area contributed by atoms with Gasteiger partial charge in [0.1, 0.15) is 22.8 Å². The molecule has 0 atom stereocenters. The van der Waals surface area contributed by atoms with E-state index in [1.54, 1.807) is 18.2 Å². The van der Waals surface area contributed by atoms with Gasteiger partial charge in [-0.2, -0.15) is 13.2 Å². The Kier molecular flexibility index (Phi) is 5.68. The van der Waals surface area contributed by atoms with Crippen molar-refractivity contribution in [3.05, 3.63) is 71.7 Å². The summed E-state index contributed by atoms with van der Waals surface area (Å²) in [6, 6.07) is 7.06. The summed E-state index contributed by atoms with van der Waals surface area (Å²) in [5.74, 6) is -1.45. The van der Waals surface area contributed by atoms with Crippen LogP contribution in [-0.2, 0) is 12.6 Å². The minimum atomic E-state index is -4.61. The Labute approximate surface area is 179 Å². The van der Waals surface area contributed by atoms with Gasteiger partial charge in [-0.3, -0.25) is 0 Å². The van der Waals surface area contributed by atoms with Crippen LogP contribution >= 0.6 is 0 Å². The first-order valence-corrected chi connectivity index (χ1v) is 9.53. The van der Waals surface area contributed by atoms with Gasteiger partial charge in [0.2, 0.25) is 5.88 Å². The van der Waals surface area contributed by atoms with Gasteiger partial charge in [-0.25, -0.2) is 18.7 Å². The smallest absolute Gasteiger partial charge is 0.421 e. The molecule has 5 nitrogen and oxygen atoms in total. The number of nitrogens with one attached hydrogen (secondary N) is 2. The molecular weight excluding hydrogens is 431 g/mol. The van der Waals surface area contributed by atoms with Gasteiger partial charge in [0.25, 0.3) is 0 Å². The molecule has 0 saturated carbocycles. The summed E-state index contributed by atoms with van der Waals surface area (Å²) >= 11 is 0. The van der Waals surface area contributed by atoms with Crippen molar-refractivity contribution in [3.8, 4) is 17.0 Å². The van der Waals surface area contributed by atoms with E-state index in [0.717, 1.165) is 13.2 Å². The molecule has 0 aliphatic carbocycles. The highest BCUT2D eigenvalue weighted by Gasteiger charge is 2.35. The molecule has 0 amide bonds. The lowest BCUT2D eigenvalue weighted by molar-refractivity contribution is -0.139. The molecule has 3 aromatic heterocycles. The first kappa shape index (κ1) is 21.5. The van der Waals surface area contributed by atoms with Crippen LogP contribution in [0.5, 0.6) is 5.88 Å². The van der Waals surface area contributed by atoms with Gasteiger partial charge in [-0.05, 0) is 35.7 Å². The number of fused-ring (bicyclic) bond motifs is 1. The summed E-state index contributed by atoms with van der Waals surface area (Å²) in [4.78, 5) is 10.5. The molecule has 0 radical (unpaired) electrons. The molecule has 10 heteroatoms. The van der Waals surface area contributed by atoms with E-state index in [1.165, 1.54) is 24.7 Å². The number of methoxy groups -OCH3 is 1. The van der Waals surface area contributed by atoms with Crippen molar-refractivity contribution in [2.75, 3.05) is 19.0 Å². The molecule has 0 bridgehead atoms. The molecule has 0 unspecified atom stereocenters. The van der Waals surface area contributed by atoms with Crippen LogP contribution in [0.2, 0.25) is 0 Å². The summed E-state index contributed by atoms with van der Waals surface area (Å²) in [6.45, 7) is 0.184. The highest BCUT2D eigenvalue weighted by molar-refractivity contribution is 5.82. The quantitative estimate of drug-likeness (QED) is 0.378. The van der Waals surface area contributed by atoms with Crippen LogP contribution in [0.1, 0.15) is 11.1 Å². The van der Waals surface area contributed by atoms with E-state index < -0.39 is 29.3 Å². The molecule has 0 saturated heterocycles. The predicted molar refractivity (Wildman–Crippen MR) is 109 cm³/mol. The summed E-state index contributed by atoms with van der Waals surface area (Å²) < 4.78 is 72.3. The number of alkyl halides is 3. The van der Waals surface area contributed by atoms with Gasteiger partial charge < -0.3 is 15.0 Å². The Morgan fingerprint density at radius 1 is 1.00 bits per heavy atom. The van der Waals surface area contributed by atoms with Crippen molar-refractivity contribution in [2.45, 2.75) is 12.6 Å². The zero-order chi connectivity index (χ0) is 22.9. The molecule has 4 aromatic rings. The fourth-order valence-corrected chi connectivity index (χ4v) is 3.31. The second-order valence-electron chi connectivity index (χ2n) is 7.02. The van der Waals surface area contributed by atoms with E-state index in [-0.39, 0.29) is 18.7 Å². The van der Waals surface area contributed by atoms with E-state index in [9.17, 15) is 22.0 Å². The van der Waals surface area contributed by atoms with Crippen LogP contribution in [0.3, 0.4) is 0 Å². The largest absolute Gasteiger partial charge is 0.481 e. The first-order chi connectivity index (χ1) is 15.3. The molecule has 166 valence electrons. The van der Waals surface area contributed by atoms with Crippen LogP contribution in [0.25, 0.3) is 22.2 Å². The predicted octanol–water partition coefficient (Wildman–Crippen LogP) is 5.59. The number of hydrogen-bond acceptors (Lipinski definition) is 4. The lowest BCUT2D eigenvalue weighted by atomic mass is 10.0. The Morgan fingerprint density at radius 2 is 1.81 bits per heavy atom. The number of ether oxygens (including phenoxy) is 1. The molecule has 1 aromatic carbocycles. The maximum absolute atomic E-state index is 14.6. The normalized spacial score (nSPS) is 11.7. The minimum absolute atomic E-state index is 0.142. The topological polar surface area (TPSA) is 62.8 Å². The van der Waals surface area contributed by atoms with Gasteiger partial charge in [0.15, 0.2) is 0 Å². The van der Waals surface area contributed by atoms with Gasteiger partial charge in [-0.1, -0.05) is 12.1 Å². The Morgan fingerprint density at radius 3 is 2.53 bits per heavy atom. The number of anilines is 1. The lowest BCUT2D eigenvalue weighted by Gasteiger charge is -2.13. The molecule has 32 heavy (non-hydrogen) atoms. The molecule has 0 spiro atoms. The van der Waals surface area contributed by atoms with Crippen LogP contribution in [0.15, 0.2) is 48.9 Å². The lowest BCUT2D eigenvalue weighted by Crippen LogP contribution is -2.11. The highest BCUT2D eigenvalue weighted by Crippen LogP contribution is 2.36. The van der Waals surface area contributed by atoms with E-state index in [0.29, 0.717) is 27.7 Å². The number of benzene rings is 1. The number of H-pyrrole nitrogens is 1. The third kappa shape index (κ3) is 4.34. The Bertz CT molecular complexity index is 1270. The van der Waals surface area contributed by atoms with E-state index in [1.807, 2.05) is 0 Å². The zero-order valence-electron chi connectivity index (χ0n) is 16.7. The molecule has 0 aliphatic heterocycles. The number of nitrogens with zero attached hydrogens (tertiary/aromatic N) is 2. The van der Waals surface area contributed by atoms with Crippen molar-refractivity contribution < 1.29 is 26.7 Å². The monoisotopic (exact) mass is 448 g/mol. The van der Waals surface area contributed by atoms with E-state index in [2.05, 4.69) is 25.0 Å². The van der Waals surface area contributed by atoms with E-state index >= 15 is 0 Å². The number of aromatic nitrogens is 3. The fraction of sp³-hybridized carbons (Fsp3) is 0.182. The van der Waals surface area contributed by atoms with Crippen molar-refractivity contribution >= 4 is 16.7 Å². The first-order valence-electron chi connectivity index (χ1n) is 9.53. The maximum Gasteiger partial charge on any atom is 0.421 e. The number of rotatable bonds is 6. The average Bonchev–Trinajstić information content (AvgIpc) is 3.14. The van der Waals surface area contributed by atoms with Crippen molar-refractivity contribution in [3.63, 3.8) is 0 Å². The number of aromatic amines is 1. The summed E-state index contributed by atoms with van der Waals surface area (Å²) in [5.41, 5.74) is 1.01. The SMILES string of the molecule is COc1ncc(NCCc2ccc(-c3cnc4[nH]cc(F)c4c3)cc2F)cc1C(F)(F)F. The third-order valence-electron chi connectivity index (χ3n) is 4.94. The van der Waals surface area contributed by atoms with Crippen molar-refractivity contribution in [1.29, 1.82) is 0 Å². The maximum atomic E-state index is 14.6. The standard InChI is InChI=1S/C22H17F5N4O/c1-32-21-17(22(25,26)27)8-15(10-31-21)28-5-4-12-2-3-13(7-18(12)23)14-6-16-19(24)11-30-20(16)29-9-14/h2-3,6-11,28H,4-5H2,1H3,(H,29,30). The fourth-order valence-electron chi connectivity index (χ4n) is 3.31. The highest BCUT2D eigenvalue weighted by atomic mass is 19.4. The minimum Gasteiger partial charge on any atom is -0.481 e. The van der Waals surface area contributed by atoms with Crippen LogP contribution in [0, 0.1) is 11.6 Å². The molecule has 2 N–H and O–H groups in total. The second-order valence-corrected chi connectivity index (χ2v) is 7.02.